The van der Waals surface area contributed by atoms with Crippen molar-refractivity contribution < 1.29 is 23.6 Å². The summed E-state index contributed by atoms with van der Waals surface area (Å²) in [6.07, 6.45) is 0.302. The molecule has 0 fully saturated rings. The molecule has 1 N–H and O–H groups in total. The summed E-state index contributed by atoms with van der Waals surface area (Å²) in [7, 11) is 0. The molecule has 0 spiro atoms. The summed E-state index contributed by atoms with van der Waals surface area (Å²) in [5.41, 5.74) is 0.455. The number of hydroxylamine groups is 1. The minimum Gasteiger partial charge on any atom is -0.379 e. The van der Waals surface area contributed by atoms with E-state index in [0.717, 1.165) is 0 Å². The van der Waals surface area contributed by atoms with E-state index in [9.17, 15) is 9.36 Å². The minimum absolute atomic E-state index is 0.0710. The zero-order valence-corrected chi connectivity index (χ0v) is 16.6. The number of hydrogen-bond acceptors (Lipinski definition) is 5. The Balaban J connectivity index is 3.23. The van der Waals surface area contributed by atoms with Gasteiger partial charge in [-0.15, -0.1) is 0 Å². The highest BCUT2D eigenvalue weighted by Crippen LogP contribution is 2.48. The number of carbonyl (C=O) groups excluding carboxylic acids is 1. The van der Waals surface area contributed by atoms with E-state index in [1.165, 1.54) is 11.1 Å². The maximum absolute atomic E-state index is 12.3. The lowest BCUT2D eigenvalue weighted by Gasteiger charge is -2.31. The maximum Gasteiger partial charge on any atom is 0.476 e. The van der Waals surface area contributed by atoms with Crippen molar-refractivity contribution in [2.75, 3.05) is 11.7 Å². The molecular weight excluding hydrogens is 399 g/mol. The summed E-state index contributed by atoms with van der Waals surface area (Å²) < 4.78 is 15.7. The molecule has 10 heteroatoms. The second kappa shape index (κ2) is 9.27. The van der Waals surface area contributed by atoms with Crippen LogP contribution in [0.2, 0.25) is 10.0 Å². The van der Waals surface area contributed by atoms with Gasteiger partial charge in [0.2, 0.25) is 0 Å². The van der Waals surface area contributed by atoms with Gasteiger partial charge in [-0.25, -0.2) is 14.4 Å². The number of benzene rings is 1. The Kier molecular flexibility index (Phi) is 8.33. The molecule has 24 heavy (non-hydrogen) atoms. The molecule has 136 valence electrons. The molecule has 0 saturated carbocycles. The van der Waals surface area contributed by atoms with Crippen molar-refractivity contribution in [3.8, 4) is 0 Å². The van der Waals surface area contributed by atoms with Gasteiger partial charge in [0, 0.05) is 11.2 Å². The van der Waals surface area contributed by atoms with Crippen LogP contribution in [0.4, 0.5) is 5.69 Å². The first-order chi connectivity index (χ1) is 11.0. The minimum atomic E-state index is -4.49. The Labute approximate surface area is 155 Å². The second-order valence-corrected chi connectivity index (χ2v) is 8.53. The van der Waals surface area contributed by atoms with E-state index in [-0.39, 0.29) is 17.5 Å². The highest BCUT2D eigenvalue weighted by molar-refractivity contribution is 7.80. The van der Waals surface area contributed by atoms with Gasteiger partial charge in [-0.1, -0.05) is 37.0 Å². The summed E-state index contributed by atoms with van der Waals surface area (Å²) in [5, 5.41) is 1.91. The fourth-order valence-corrected chi connectivity index (χ4v) is 2.85. The summed E-state index contributed by atoms with van der Waals surface area (Å²) in [6.45, 7) is 1.27. The normalized spacial score (nSPS) is 15.0. The van der Waals surface area contributed by atoms with Gasteiger partial charge >= 0.3 is 12.9 Å². The number of hydrogen-bond donors (Lipinski definition) is 1. The molecule has 0 aromatic heterocycles. The average molecular weight is 419 g/mol. The van der Waals surface area contributed by atoms with E-state index in [1.54, 1.807) is 19.1 Å². The van der Waals surface area contributed by atoms with Gasteiger partial charge in [0.15, 0.2) is 6.04 Å². The number of anilines is 1. The fraction of sp³-hybridized carbons (Fsp3) is 0.500. The molecule has 0 aliphatic carbocycles. The maximum atomic E-state index is 12.3. The van der Waals surface area contributed by atoms with Crippen LogP contribution >= 0.6 is 41.4 Å². The molecule has 0 aliphatic rings. The lowest BCUT2D eigenvalue weighted by molar-refractivity contribution is -0.138. The topological polar surface area (TPSA) is 76.1 Å². The van der Waals surface area contributed by atoms with Crippen LogP contribution in [0.25, 0.3) is 0 Å². The highest BCUT2D eigenvalue weighted by atomic mass is 35.7. The first-order valence-corrected chi connectivity index (χ1v) is 10.4. The number of halogens is 3. The van der Waals surface area contributed by atoms with Crippen LogP contribution in [0.5, 0.6) is 0 Å². The molecule has 0 heterocycles. The Hall–Kier alpha value is -0.490. The third-order valence-corrected chi connectivity index (χ3v) is 4.23. The summed E-state index contributed by atoms with van der Waals surface area (Å²) in [4.78, 5) is 27.0. The number of nitrogens with zero attached hydrogens (tertiary/aromatic N) is 1. The van der Waals surface area contributed by atoms with Crippen LogP contribution in [0, 0.1) is 5.92 Å². The molecule has 6 nitrogen and oxygen atoms in total. The highest BCUT2D eigenvalue weighted by Gasteiger charge is 2.34. The lowest BCUT2D eigenvalue weighted by atomic mass is 10.0. The second-order valence-electron chi connectivity index (χ2n) is 5.35. The lowest BCUT2D eigenvalue weighted by Crippen LogP contribution is -2.43. The van der Waals surface area contributed by atoms with Crippen LogP contribution in [-0.2, 0) is 18.7 Å². The van der Waals surface area contributed by atoms with Gasteiger partial charge in [-0.2, -0.15) is 0 Å². The third kappa shape index (κ3) is 6.79. The van der Waals surface area contributed by atoms with Crippen molar-refractivity contribution in [3.63, 3.8) is 0 Å². The van der Waals surface area contributed by atoms with Gasteiger partial charge in [0.25, 0.3) is 0 Å². The SMILES string of the molecule is CCON(c1ccc(Cl)c(Cl)c1)[C@@H](CC(C)C)C(=O)OP(=O)(O)Cl. The van der Waals surface area contributed by atoms with Gasteiger partial charge in [0.05, 0.1) is 22.3 Å². The predicted molar refractivity (Wildman–Crippen MR) is 95.6 cm³/mol. The van der Waals surface area contributed by atoms with Crippen molar-refractivity contribution >= 4 is 53.0 Å². The van der Waals surface area contributed by atoms with Crippen LogP contribution in [-0.4, -0.2) is 23.5 Å². The first-order valence-electron chi connectivity index (χ1n) is 7.18. The van der Waals surface area contributed by atoms with Gasteiger partial charge < -0.3 is 9.42 Å². The molecule has 2 atom stereocenters. The Morgan fingerprint density at radius 1 is 1.33 bits per heavy atom. The van der Waals surface area contributed by atoms with Gasteiger partial charge in [-0.05, 0) is 37.5 Å². The van der Waals surface area contributed by atoms with E-state index in [2.05, 4.69) is 4.52 Å². The smallest absolute Gasteiger partial charge is 0.379 e. The van der Waals surface area contributed by atoms with Gasteiger partial charge in [-0.3, -0.25) is 4.84 Å². The standard InChI is InChI=1S/C14H19Cl3NO5P/c1-4-22-18(10-5-6-11(15)12(16)8-10)13(7-9(2)3)14(19)23-24(17,20)21/h5-6,8-9,13H,4,7H2,1-3H3,(H,20,21)/t13-/m0/s1. The molecule has 0 saturated heterocycles. The Morgan fingerprint density at radius 3 is 2.42 bits per heavy atom. The Bertz CT molecular complexity index is 622. The molecule has 0 amide bonds. The number of rotatable bonds is 8. The molecule has 0 aliphatic heterocycles. The van der Waals surface area contributed by atoms with E-state index in [0.29, 0.717) is 17.1 Å². The third-order valence-electron chi connectivity index (χ3n) is 2.88. The molecule has 1 aromatic rings. The molecule has 1 aromatic carbocycles. The van der Waals surface area contributed by atoms with Crippen LogP contribution in [0.15, 0.2) is 18.2 Å². The quantitative estimate of drug-likeness (QED) is 0.470. The summed E-state index contributed by atoms with van der Waals surface area (Å²) in [5.74, 6) is -0.897. The van der Waals surface area contributed by atoms with Crippen molar-refractivity contribution in [2.24, 2.45) is 5.92 Å². The van der Waals surface area contributed by atoms with E-state index >= 15 is 0 Å². The van der Waals surface area contributed by atoms with Crippen molar-refractivity contribution in [2.45, 2.75) is 33.2 Å². The average Bonchev–Trinajstić information content (AvgIpc) is 2.43. The van der Waals surface area contributed by atoms with E-state index in [1.807, 2.05) is 13.8 Å². The largest absolute Gasteiger partial charge is 0.476 e. The zero-order valence-electron chi connectivity index (χ0n) is 13.4. The van der Waals surface area contributed by atoms with Crippen LogP contribution in [0.3, 0.4) is 0 Å². The molecule has 1 rings (SSSR count). The van der Waals surface area contributed by atoms with E-state index < -0.39 is 19.0 Å². The molecular formula is C14H19Cl3NO5P. The summed E-state index contributed by atoms with van der Waals surface area (Å²) in [6, 6.07) is 3.71. The van der Waals surface area contributed by atoms with Crippen molar-refractivity contribution in [1.29, 1.82) is 0 Å². The van der Waals surface area contributed by atoms with E-state index in [4.69, 9.17) is 44.2 Å². The Morgan fingerprint density at radius 2 is 1.96 bits per heavy atom. The van der Waals surface area contributed by atoms with Crippen molar-refractivity contribution in [3.05, 3.63) is 28.2 Å². The summed E-state index contributed by atoms with van der Waals surface area (Å²) >= 11 is 17.1. The monoisotopic (exact) mass is 417 g/mol. The first kappa shape index (κ1) is 21.6. The van der Waals surface area contributed by atoms with Crippen molar-refractivity contribution in [1.82, 2.24) is 0 Å². The van der Waals surface area contributed by atoms with Gasteiger partial charge in [0.1, 0.15) is 0 Å². The fourth-order valence-electron chi connectivity index (χ4n) is 2.01. The molecule has 0 radical (unpaired) electrons. The van der Waals surface area contributed by atoms with Crippen LogP contribution in [0.1, 0.15) is 27.2 Å². The van der Waals surface area contributed by atoms with Crippen LogP contribution < -0.4 is 5.06 Å². The number of carbonyl (C=O) groups is 1. The predicted octanol–water partition coefficient (Wildman–Crippen LogP) is 5.05. The zero-order chi connectivity index (χ0) is 18.5. The molecule has 1 unspecified atom stereocenters. The molecule has 0 bridgehead atoms.